The highest BCUT2D eigenvalue weighted by Crippen LogP contribution is 2.37. The first-order valence-corrected chi connectivity index (χ1v) is 7.49. The number of H-pyrrole nitrogens is 1. The van der Waals surface area contributed by atoms with Crippen molar-refractivity contribution < 1.29 is 0 Å². The summed E-state index contributed by atoms with van der Waals surface area (Å²) in [5.41, 5.74) is 3.88. The molecule has 1 aromatic carbocycles. The maximum atomic E-state index is 4.05. The Morgan fingerprint density at radius 3 is 2.95 bits per heavy atom. The van der Waals surface area contributed by atoms with Crippen LogP contribution in [0.25, 0.3) is 0 Å². The zero-order valence-electron chi connectivity index (χ0n) is 11.0. The van der Waals surface area contributed by atoms with E-state index in [1.54, 1.807) is 0 Å². The molecule has 1 aliphatic rings. The number of hydrogen-bond donors (Lipinski definition) is 2. The highest BCUT2D eigenvalue weighted by Gasteiger charge is 2.29. The second-order valence-corrected chi connectivity index (χ2v) is 6.24. The Kier molecular flexibility index (Phi) is 3.71. The highest BCUT2D eigenvalue weighted by molar-refractivity contribution is 9.10. The van der Waals surface area contributed by atoms with Crippen LogP contribution < -0.4 is 5.32 Å². The monoisotopic (exact) mass is 319 g/mol. The standard InChI is InChI=1S/C15H18BrN3/c1-10-13(9-18-19-10)8-17-15-6-12(7-15)11-3-2-4-14(16)5-11/h2-5,9,12,15,17H,6-8H2,1H3,(H,18,19). The maximum absolute atomic E-state index is 4.05. The SMILES string of the molecule is Cc1[nH]ncc1CNC1CC(c2cccc(Br)c2)C1. The molecule has 1 fully saturated rings. The Morgan fingerprint density at radius 1 is 1.42 bits per heavy atom. The molecule has 1 aliphatic carbocycles. The van der Waals surface area contributed by atoms with Gasteiger partial charge in [0.25, 0.3) is 0 Å². The molecule has 0 unspecified atom stereocenters. The number of halogens is 1. The molecule has 2 N–H and O–H groups in total. The largest absolute Gasteiger partial charge is 0.310 e. The zero-order chi connectivity index (χ0) is 13.2. The van der Waals surface area contributed by atoms with E-state index in [0.29, 0.717) is 12.0 Å². The van der Waals surface area contributed by atoms with E-state index in [1.165, 1.54) is 28.4 Å². The summed E-state index contributed by atoms with van der Waals surface area (Å²) in [6.07, 6.45) is 4.37. The molecule has 100 valence electrons. The molecule has 0 saturated heterocycles. The van der Waals surface area contributed by atoms with Crippen molar-refractivity contribution in [1.29, 1.82) is 0 Å². The van der Waals surface area contributed by atoms with Gasteiger partial charge in [0, 0.05) is 28.3 Å². The summed E-state index contributed by atoms with van der Waals surface area (Å²) < 4.78 is 1.18. The van der Waals surface area contributed by atoms with Crippen LogP contribution in [-0.4, -0.2) is 16.2 Å². The van der Waals surface area contributed by atoms with E-state index in [1.807, 2.05) is 6.20 Å². The molecule has 4 heteroatoms. The van der Waals surface area contributed by atoms with Gasteiger partial charge in [-0.25, -0.2) is 0 Å². The van der Waals surface area contributed by atoms with E-state index in [9.17, 15) is 0 Å². The molecular formula is C15H18BrN3. The molecule has 1 aromatic heterocycles. The molecule has 3 nitrogen and oxygen atoms in total. The molecule has 19 heavy (non-hydrogen) atoms. The van der Waals surface area contributed by atoms with Crippen molar-refractivity contribution in [3.05, 3.63) is 51.8 Å². The fraction of sp³-hybridized carbons (Fsp3) is 0.400. The van der Waals surface area contributed by atoms with Gasteiger partial charge in [-0.05, 0) is 43.4 Å². The Morgan fingerprint density at radius 2 is 2.26 bits per heavy atom. The average molecular weight is 320 g/mol. The summed E-state index contributed by atoms with van der Waals surface area (Å²) in [5.74, 6) is 0.709. The third-order valence-electron chi connectivity index (χ3n) is 3.97. The number of aromatic nitrogens is 2. The number of nitrogens with zero attached hydrogens (tertiary/aromatic N) is 1. The van der Waals surface area contributed by atoms with Crippen molar-refractivity contribution in [1.82, 2.24) is 15.5 Å². The summed E-state index contributed by atoms with van der Waals surface area (Å²) in [4.78, 5) is 0. The lowest BCUT2D eigenvalue weighted by molar-refractivity contribution is 0.289. The molecule has 0 bridgehead atoms. The molecule has 0 atom stereocenters. The third-order valence-corrected chi connectivity index (χ3v) is 4.47. The van der Waals surface area contributed by atoms with Crippen LogP contribution in [0.3, 0.4) is 0 Å². The molecule has 1 saturated carbocycles. The first kappa shape index (κ1) is 12.9. The Hall–Kier alpha value is -1.13. The van der Waals surface area contributed by atoms with Gasteiger partial charge in [0.05, 0.1) is 6.20 Å². The molecule has 1 heterocycles. The van der Waals surface area contributed by atoms with Gasteiger partial charge < -0.3 is 5.32 Å². The first-order chi connectivity index (χ1) is 9.22. The lowest BCUT2D eigenvalue weighted by atomic mass is 9.76. The van der Waals surface area contributed by atoms with Crippen LogP contribution in [0.5, 0.6) is 0 Å². The molecule has 0 aliphatic heterocycles. The van der Waals surface area contributed by atoms with Gasteiger partial charge in [0.15, 0.2) is 0 Å². The molecular weight excluding hydrogens is 302 g/mol. The third kappa shape index (κ3) is 2.90. The van der Waals surface area contributed by atoms with Crippen molar-refractivity contribution in [2.24, 2.45) is 0 Å². The summed E-state index contributed by atoms with van der Waals surface area (Å²) in [5, 5.41) is 10.6. The van der Waals surface area contributed by atoms with E-state index in [4.69, 9.17) is 0 Å². The normalized spacial score (nSPS) is 22.2. The minimum absolute atomic E-state index is 0.637. The van der Waals surface area contributed by atoms with Crippen LogP contribution in [0.15, 0.2) is 34.9 Å². The van der Waals surface area contributed by atoms with Crippen LogP contribution >= 0.6 is 15.9 Å². The molecule has 0 amide bonds. The van der Waals surface area contributed by atoms with Crippen molar-refractivity contribution in [3.63, 3.8) is 0 Å². The van der Waals surface area contributed by atoms with Gasteiger partial charge in [-0.15, -0.1) is 0 Å². The van der Waals surface area contributed by atoms with Crippen LogP contribution in [0.1, 0.15) is 35.6 Å². The van der Waals surface area contributed by atoms with Crippen LogP contribution in [-0.2, 0) is 6.54 Å². The fourth-order valence-electron chi connectivity index (χ4n) is 2.63. The van der Waals surface area contributed by atoms with Gasteiger partial charge in [-0.1, -0.05) is 28.1 Å². The summed E-state index contributed by atoms with van der Waals surface area (Å²) in [6, 6.07) is 9.31. The zero-order valence-corrected chi connectivity index (χ0v) is 12.6. The molecule has 0 radical (unpaired) electrons. The maximum Gasteiger partial charge on any atom is 0.0535 e. The van der Waals surface area contributed by atoms with Crippen molar-refractivity contribution >= 4 is 15.9 Å². The van der Waals surface area contributed by atoms with E-state index in [2.05, 4.69) is 62.6 Å². The summed E-state index contributed by atoms with van der Waals surface area (Å²) >= 11 is 3.54. The van der Waals surface area contributed by atoms with Gasteiger partial charge in [0.2, 0.25) is 0 Å². The quantitative estimate of drug-likeness (QED) is 0.905. The summed E-state index contributed by atoms with van der Waals surface area (Å²) in [7, 11) is 0. The number of nitrogens with one attached hydrogen (secondary N) is 2. The van der Waals surface area contributed by atoms with Crippen molar-refractivity contribution in [3.8, 4) is 0 Å². The first-order valence-electron chi connectivity index (χ1n) is 6.70. The van der Waals surface area contributed by atoms with Crippen LogP contribution in [0.2, 0.25) is 0 Å². The molecule has 3 rings (SSSR count). The minimum atomic E-state index is 0.637. The molecule has 0 spiro atoms. The van der Waals surface area contributed by atoms with Crippen molar-refractivity contribution in [2.45, 2.75) is 38.3 Å². The van der Waals surface area contributed by atoms with Crippen LogP contribution in [0.4, 0.5) is 0 Å². The average Bonchev–Trinajstić information content (AvgIpc) is 2.73. The van der Waals surface area contributed by atoms with E-state index >= 15 is 0 Å². The van der Waals surface area contributed by atoms with Gasteiger partial charge in [-0.2, -0.15) is 5.10 Å². The number of benzene rings is 1. The molecule has 2 aromatic rings. The lowest BCUT2D eigenvalue weighted by Gasteiger charge is -2.36. The topological polar surface area (TPSA) is 40.7 Å². The van der Waals surface area contributed by atoms with Gasteiger partial charge in [0.1, 0.15) is 0 Å². The van der Waals surface area contributed by atoms with Gasteiger partial charge in [-0.3, -0.25) is 5.10 Å². The second kappa shape index (κ2) is 5.47. The number of aromatic amines is 1. The van der Waals surface area contributed by atoms with E-state index < -0.39 is 0 Å². The summed E-state index contributed by atoms with van der Waals surface area (Å²) in [6.45, 7) is 2.98. The predicted molar refractivity (Wildman–Crippen MR) is 80.1 cm³/mol. The fourth-order valence-corrected chi connectivity index (χ4v) is 3.04. The second-order valence-electron chi connectivity index (χ2n) is 5.32. The van der Waals surface area contributed by atoms with E-state index in [0.717, 1.165) is 12.2 Å². The Labute approximate surface area is 121 Å². The number of hydrogen-bond acceptors (Lipinski definition) is 2. The Bertz CT molecular complexity index is 558. The number of aryl methyl sites for hydroxylation is 1. The number of rotatable bonds is 4. The van der Waals surface area contributed by atoms with E-state index in [-0.39, 0.29) is 0 Å². The van der Waals surface area contributed by atoms with Crippen LogP contribution in [0, 0.1) is 6.92 Å². The van der Waals surface area contributed by atoms with Gasteiger partial charge >= 0.3 is 0 Å². The predicted octanol–water partition coefficient (Wildman–Crippen LogP) is 3.52. The lowest BCUT2D eigenvalue weighted by Crippen LogP contribution is -2.39. The Balaban J connectivity index is 1.49. The smallest absolute Gasteiger partial charge is 0.0535 e. The minimum Gasteiger partial charge on any atom is -0.310 e. The highest BCUT2D eigenvalue weighted by atomic mass is 79.9. The van der Waals surface area contributed by atoms with Crippen molar-refractivity contribution in [2.75, 3.05) is 0 Å².